The van der Waals surface area contributed by atoms with Gasteiger partial charge in [0.05, 0.1) is 0 Å². The molecule has 21 heavy (non-hydrogen) atoms. The van der Waals surface area contributed by atoms with Crippen molar-refractivity contribution in [1.29, 1.82) is 0 Å². The van der Waals surface area contributed by atoms with E-state index in [0.717, 1.165) is 0 Å². The predicted octanol–water partition coefficient (Wildman–Crippen LogP) is 3.82. The molecule has 0 bridgehead atoms. The summed E-state index contributed by atoms with van der Waals surface area (Å²) in [5.41, 5.74) is 1.32. The summed E-state index contributed by atoms with van der Waals surface area (Å²) < 4.78 is 18.2. The standard InChI is InChI=1S/C16H9ClFNO2/c17-12-6-4-11(5-7-12)15-19-14(16(20)21-15)9-10-2-1-3-13(18)8-10/h1-9H. The third-order valence-electron chi connectivity index (χ3n) is 2.86. The van der Waals surface area contributed by atoms with Gasteiger partial charge in [-0.15, -0.1) is 0 Å². The van der Waals surface area contributed by atoms with Gasteiger partial charge in [0.15, 0.2) is 5.70 Å². The first-order valence-electron chi connectivity index (χ1n) is 6.16. The Hall–Kier alpha value is -2.46. The number of esters is 1. The van der Waals surface area contributed by atoms with Crippen molar-refractivity contribution in [3.63, 3.8) is 0 Å². The SMILES string of the molecule is O=C1OC(c2ccc(Cl)cc2)=NC1=Cc1cccc(F)c1. The van der Waals surface area contributed by atoms with Crippen LogP contribution in [0.1, 0.15) is 11.1 Å². The quantitative estimate of drug-likeness (QED) is 0.625. The Kier molecular flexibility index (Phi) is 3.54. The van der Waals surface area contributed by atoms with E-state index in [9.17, 15) is 9.18 Å². The molecule has 1 aliphatic rings. The Balaban J connectivity index is 1.93. The van der Waals surface area contributed by atoms with E-state index in [1.165, 1.54) is 18.2 Å². The Morgan fingerprint density at radius 3 is 2.62 bits per heavy atom. The van der Waals surface area contributed by atoms with Crippen molar-refractivity contribution >= 4 is 29.5 Å². The minimum atomic E-state index is -0.566. The number of halogens is 2. The fourth-order valence-electron chi connectivity index (χ4n) is 1.88. The molecule has 0 amide bonds. The molecular formula is C16H9ClFNO2. The molecule has 5 heteroatoms. The Morgan fingerprint density at radius 2 is 1.90 bits per heavy atom. The fourth-order valence-corrected chi connectivity index (χ4v) is 2.01. The van der Waals surface area contributed by atoms with Gasteiger partial charge < -0.3 is 4.74 Å². The largest absolute Gasteiger partial charge is 0.402 e. The zero-order valence-corrected chi connectivity index (χ0v) is 11.5. The summed E-state index contributed by atoms with van der Waals surface area (Å²) in [6.07, 6.45) is 1.48. The van der Waals surface area contributed by atoms with Crippen molar-refractivity contribution in [1.82, 2.24) is 0 Å². The van der Waals surface area contributed by atoms with Gasteiger partial charge in [0.1, 0.15) is 5.82 Å². The maximum Gasteiger partial charge on any atom is 0.363 e. The summed E-state index contributed by atoms with van der Waals surface area (Å²) in [4.78, 5) is 15.9. The first kappa shape index (κ1) is 13.5. The molecule has 2 aromatic carbocycles. The molecule has 104 valence electrons. The van der Waals surface area contributed by atoms with Gasteiger partial charge >= 0.3 is 5.97 Å². The molecule has 0 spiro atoms. The van der Waals surface area contributed by atoms with Gasteiger partial charge in [-0.25, -0.2) is 14.2 Å². The second-order valence-corrected chi connectivity index (χ2v) is 4.83. The van der Waals surface area contributed by atoms with Gasteiger partial charge in [0.2, 0.25) is 5.90 Å². The Labute approximate surface area is 125 Å². The third-order valence-corrected chi connectivity index (χ3v) is 3.12. The summed E-state index contributed by atoms with van der Waals surface area (Å²) in [6, 6.07) is 12.7. The van der Waals surface area contributed by atoms with E-state index in [2.05, 4.69) is 4.99 Å². The van der Waals surface area contributed by atoms with Crippen LogP contribution in [0.2, 0.25) is 5.02 Å². The fraction of sp³-hybridized carbons (Fsp3) is 0. The van der Waals surface area contributed by atoms with Crippen LogP contribution in [-0.2, 0) is 9.53 Å². The van der Waals surface area contributed by atoms with Crippen molar-refractivity contribution in [2.75, 3.05) is 0 Å². The highest BCUT2D eigenvalue weighted by Gasteiger charge is 2.24. The number of carbonyl (C=O) groups is 1. The normalized spacial score (nSPS) is 16.0. The number of ether oxygens (including phenoxy) is 1. The number of cyclic esters (lactones) is 1. The summed E-state index contributed by atoms with van der Waals surface area (Å²) in [6.45, 7) is 0. The van der Waals surface area contributed by atoms with Crippen molar-refractivity contribution in [2.45, 2.75) is 0 Å². The van der Waals surface area contributed by atoms with Crippen LogP contribution < -0.4 is 0 Å². The Morgan fingerprint density at radius 1 is 1.14 bits per heavy atom. The Bertz CT molecular complexity index is 766. The average Bonchev–Trinajstić information content (AvgIpc) is 2.81. The van der Waals surface area contributed by atoms with Crippen LogP contribution in [0.3, 0.4) is 0 Å². The lowest BCUT2D eigenvalue weighted by Crippen LogP contribution is -2.05. The number of hydrogen-bond donors (Lipinski definition) is 0. The van der Waals surface area contributed by atoms with E-state index < -0.39 is 5.97 Å². The van der Waals surface area contributed by atoms with E-state index in [-0.39, 0.29) is 17.4 Å². The summed E-state index contributed by atoms with van der Waals surface area (Å²) in [5.74, 6) is -0.735. The molecule has 2 aromatic rings. The first-order chi connectivity index (χ1) is 10.1. The molecular weight excluding hydrogens is 293 g/mol. The minimum Gasteiger partial charge on any atom is -0.402 e. The third kappa shape index (κ3) is 3.01. The number of hydrogen-bond acceptors (Lipinski definition) is 3. The molecule has 1 heterocycles. The molecule has 0 saturated carbocycles. The molecule has 3 nitrogen and oxygen atoms in total. The number of carbonyl (C=O) groups excluding carboxylic acids is 1. The van der Waals surface area contributed by atoms with Crippen LogP contribution in [0.5, 0.6) is 0 Å². The highest BCUT2D eigenvalue weighted by molar-refractivity contribution is 6.30. The van der Waals surface area contributed by atoms with Crippen LogP contribution in [0.4, 0.5) is 4.39 Å². The maximum absolute atomic E-state index is 13.1. The zero-order chi connectivity index (χ0) is 14.8. The highest BCUT2D eigenvalue weighted by atomic mass is 35.5. The number of benzene rings is 2. The van der Waals surface area contributed by atoms with Crippen molar-refractivity contribution < 1.29 is 13.9 Å². The van der Waals surface area contributed by atoms with Crippen LogP contribution in [-0.4, -0.2) is 11.9 Å². The van der Waals surface area contributed by atoms with Gasteiger partial charge in [-0.1, -0.05) is 23.7 Å². The monoisotopic (exact) mass is 301 g/mol. The predicted molar refractivity (Wildman–Crippen MR) is 78.5 cm³/mol. The molecule has 0 N–H and O–H groups in total. The van der Waals surface area contributed by atoms with Crippen LogP contribution >= 0.6 is 11.6 Å². The van der Waals surface area contributed by atoms with E-state index in [1.54, 1.807) is 36.4 Å². The number of nitrogens with zero attached hydrogens (tertiary/aromatic N) is 1. The molecule has 1 aliphatic heterocycles. The maximum atomic E-state index is 13.1. The molecule has 0 atom stereocenters. The van der Waals surface area contributed by atoms with Gasteiger partial charge in [-0.2, -0.15) is 0 Å². The van der Waals surface area contributed by atoms with Crippen molar-refractivity contribution in [2.24, 2.45) is 4.99 Å². The lowest BCUT2D eigenvalue weighted by Gasteiger charge is -1.98. The summed E-state index contributed by atoms with van der Waals surface area (Å²) in [7, 11) is 0. The van der Waals surface area contributed by atoms with Crippen LogP contribution in [0.15, 0.2) is 59.2 Å². The van der Waals surface area contributed by atoms with E-state index in [4.69, 9.17) is 16.3 Å². The second kappa shape index (κ2) is 5.50. The van der Waals surface area contributed by atoms with E-state index >= 15 is 0 Å². The highest BCUT2D eigenvalue weighted by Crippen LogP contribution is 2.20. The number of aliphatic imine (C=N–C) groups is 1. The molecule has 3 rings (SSSR count). The van der Waals surface area contributed by atoms with Crippen molar-refractivity contribution in [3.05, 3.63) is 76.2 Å². The molecule has 0 unspecified atom stereocenters. The summed E-state index contributed by atoms with van der Waals surface area (Å²) in [5, 5.41) is 0.583. The smallest absolute Gasteiger partial charge is 0.363 e. The molecule has 0 aromatic heterocycles. The molecule has 0 saturated heterocycles. The van der Waals surface area contributed by atoms with Crippen molar-refractivity contribution in [3.8, 4) is 0 Å². The zero-order valence-electron chi connectivity index (χ0n) is 10.7. The topological polar surface area (TPSA) is 38.7 Å². The lowest BCUT2D eigenvalue weighted by molar-refractivity contribution is -0.129. The molecule has 0 aliphatic carbocycles. The molecule has 0 fully saturated rings. The van der Waals surface area contributed by atoms with Gasteiger partial charge in [-0.05, 0) is 48.0 Å². The van der Waals surface area contributed by atoms with Gasteiger partial charge in [0, 0.05) is 10.6 Å². The lowest BCUT2D eigenvalue weighted by atomic mass is 10.2. The average molecular weight is 302 g/mol. The summed E-state index contributed by atoms with van der Waals surface area (Å²) >= 11 is 5.80. The van der Waals surface area contributed by atoms with Gasteiger partial charge in [0.25, 0.3) is 0 Å². The number of rotatable bonds is 2. The molecule has 0 radical (unpaired) electrons. The van der Waals surface area contributed by atoms with E-state index in [1.807, 2.05) is 0 Å². The first-order valence-corrected chi connectivity index (χ1v) is 6.54. The van der Waals surface area contributed by atoms with E-state index in [0.29, 0.717) is 16.1 Å². The minimum absolute atomic E-state index is 0.130. The van der Waals surface area contributed by atoms with Gasteiger partial charge in [-0.3, -0.25) is 0 Å². The van der Waals surface area contributed by atoms with Crippen LogP contribution in [0, 0.1) is 5.82 Å². The second-order valence-electron chi connectivity index (χ2n) is 4.40. The van der Waals surface area contributed by atoms with Crippen LogP contribution in [0.25, 0.3) is 6.08 Å².